The van der Waals surface area contributed by atoms with Crippen LogP contribution in [-0.4, -0.2) is 0 Å². The first-order valence-corrected chi connectivity index (χ1v) is 24.1. The molecular formula is C68H45N. The lowest BCUT2D eigenvalue weighted by Gasteiger charge is -2.50. The predicted molar refractivity (Wildman–Crippen MR) is 288 cm³/mol. The molecule has 0 N–H and O–H groups in total. The van der Waals surface area contributed by atoms with Gasteiger partial charge in [-0.25, -0.2) is 0 Å². The maximum atomic E-state index is 2.53. The molecule has 12 aromatic rings. The highest BCUT2D eigenvalue weighted by molar-refractivity contribution is 6.25. The third-order valence-corrected chi connectivity index (χ3v) is 15.4. The number of fused-ring (bicyclic) bond motifs is 11. The zero-order chi connectivity index (χ0) is 45.5. The maximum absolute atomic E-state index is 2.53. The first-order valence-electron chi connectivity index (χ1n) is 24.1. The molecule has 0 saturated heterocycles. The third-order valence-electron chi connectivity index (χ3n) is 15.4. The van der Waals surface area contributed by atoms with Gasteiger partial charge in [0.15, 0.2) is 0 Å². The number of anilines is 3. The molecule has 1 heteroatoms. The molecule has 0 radical (unpaired) electrons. The monoisotopic (exact) mass is 875 g/mol. The highest BCUT2D eigenvalue weighted by atomic mass is 15.1. The summed E-state index contributed by atoms with van der Waals surface area (Å²) in [5, 5.41) is 7.53. The van der Waals surface area contributed by atoms with E-state index in [1.165, 1.54) is 99.1 Å². The molecule has 2 atom stereocenters. The molecule has 14 rings (SSSR count). The lowest BCUT2D eigenvalue weighted by molar-refractivity contribution is 0.627. The van der Waals surface area contributed by atoms with Crippen LogP contribution in [-0.2, 0) is 10.8 Å². The van der Waals surface area contributed by atoms with E-state index in [-0.39, 0.29) is 0 Å². The average Bonchev–Trinajstić information content (AvgIpc) is 3.74. The summed E-state index contributed by atoms with van der Waals surface area (Å²) in [5.74, 6) is 0. The number of hydrogen-bond donors (Lipinski definition) is 0. The molecule has 12 aromatic carbocycles. The predicted octanol–water partition coefficient (Wildman–Crippen LogP) is 17.3. The van der Waals surface area contributed by atoms with Crippen LogP contribution in [0.15, 0.2) is 273 Å². The molecule has 322 valence electrons. The molecule has 0 spiro atoms. The number of para-hydroxylation sites is 1. The van der Waals surface area contributed by atoms with E-state index >= 15 is 0 Å². The van der Waals surface area contributed by atoms with Crippen LogP contribution in [0.2, 0.25) is 0 Å². The third kappa shape index (κ3) is 5.53. The van der Waals surface area contributed by atoms with Crippen molar-refractivity contribution in [2.24, 2.45) is 0 Å². The molecule has 0 amide bonds. The van der Waals surface area contributed by atoms with Crippen molar-refractivity contribution in [3.05, 3.63) is 317 Å². The average molecular weight is 876 g/mol. The zero-order valence-electron chi connectivity index (χ0n) is 37.9. The van der Waals surface area contributed by atoms with Gasteiger partial charge in [0.25, 0.3) is 0 Å². The van der Waals surface area contributed by atoms with Crippen molar-refractivity contribution in [1.82, 2.24) is 0 Å². The Morgan fingerprint density at radius 1 is 0.246 bits per heavy atom. The van der Waals surface area contributed by atoms with Crippen molar-refractivity contribution in [2.45, 2.75) is 10.8 Å². The van der Waals surface area contributed by atoms with Crippen molar-refractivity contribution in [3.63, 3.8) is 0 Å². The van der Waals surface area contributed by atoms with Crippen LogP contribution in [0.3, 0.4) is 0 Å². The Labute approximate surface area is 402 Å². The second kappa shape index (κ2) is 15.4. The molecule has 2 aliphatic rings. The first kappa shape index (κ1) is 39.4. The van der Waals surface area contributed by atoms with E-state index < -0.39 is 10.8 Å². The van der Waals surface area contributed by atoms with E-state index in [4.69, 9.17) is 0 Å². The highest BCUT2D eigenvalue weighted by Crippen LogP contribution is 2.66. The molecule has 2 unspecified atom stereocenters. The molecule has 2 aliphatic carbocycles. The van der Waals surface area contributed by atoms with Crippen molar-refractivity contribution < 1.29 is 0 Å². The van der Waals surface area contributed by atoms with E-state index in [0.29, 0.717) is 0 Å². The molecule has 0 fully saturated rings. The number of nitrogens with zero attached hydrogens (tertiary/aromatic N) is 1. The molecule has 0 saturated carbocycles. The normalized spacial score (nSPS) is 16.5. The Morgan fingerprint density at radius 2 is 0.681 bits per heavy atom. The molecule has 0 aliphatic heterocycles. The quantitative estimate of drug-likeness (QED) is 0.144. The van der Waals surface area contributed by atoms with Gasteiger partial charge in [0.1, 0.15) is 0 Å². The Kier molecular flexibility index (Phi) is 8.78. The van der Waals surface area contributed by atoms with Crippen LogP contribution >= 0.6 is 0 Å². The first-order chi connectivity index (χ1) is 34.3. The number of rotatable bonds is 7. The van der Waals surface area contributed by atoms with Gasteiger partial charge < -0.3 is 4.90 Å². The topological polar surface area (TPSA) is 3.24 Å². The summed E-state index contributed by atoms with van der Waals surface area (Å²) in [4.78, 5) is 2.53. The Bertz CT molecular complexity index is 3910. The molecule has 0 aromatic heterocycles. The summed E-state index contributed by atoms with van der Waals surface area (Å²) in [7, 11) is 0. The summed E-state index contributed by atoms with van der Waals surface area (Å²) < 4.78 is 0. The lowest BCUT2D eigenvalue weighted by Crippen LogP contribution is -2.44. The molecular weight excluding hydrogens is 831 g/mol. The van der Waals surface area contributed by atoms with Gasteiger partial charge in [-0.05, 0) is 129 Å². The van der Waals surface area contributed by atoms with Crippen molar-refractivity contribution >= 4 is 49.4 Å². The zero-order valence-corrected chi connectivity index (χ0v) is 37.9. The summed E-state index contributed by atoms with van der Waals surface area (Å²) in [6, 6.07) is 102. The fourth-order valence-corrected chi connectivity index (χ4v) is 12.7. The molecule has 0 heterocycles. The minimum atomic E-state index is -0.748. The summed E-state index contributed by atoms with van der Waals surface area (Å²) in [5.41, 5.74) is 17.3. The summed E-state index contributed by atoms with van der Waals surface area (Å²) in [6.07, 6.45) is 0. The molecule has 0 bridgehead atoms. The van der Waals surface area contributed by atoms with E-state index in [9.17, 15) is 0 Å². The van der Waals surface area contributed by atoms with Gasteiger partial charge in [-0.1, -0.05) is 243 Å². The Balaban J connectivity index is 1.11. The van der Waals surface area contributed by atoms with Gasteiger partial charge >= 0.3 is 0 Å². The second-order valence-corrected chi connectivity index (χ2v) is 18.6. The van der Waals surface area contributed by atoms with Crippen LogP contribution in [0.25, 0.3) is 54.6 Å². The van der Waals surface area contributed by atoms with E-state index in [1.54, 1.807) is 0 Å². The van der Waals surface area contributed by atoms with Crippen LogP contribution < -0.4 is 4.90 Å². The van der Waals surface area contributed by atoms with Gasteiger partial charge in [0.05, 0.1) is 16.5 Å². The largest absolute Gasteiger partial charge is 0.310 e. The maximum Gasteiger partial charge on any atom is 0.0728 e. The van der Waals surface area contributed by atoms with Crippen molar-refractivity contribution in [3.8, 4) is 22.3 Å². The number of benzene rings is 12. The van der Waals surface area contributed by atoms with Crippen LogP contribution in [0, 0.1) is 0 Å². The van der Waals surface area contributed by atoms with Crippen molar-refractivity contribution in [1.29, 1.82) is 0 Å². The number of hydrogen-bond acceptors (Lipinski definition) is 1. The van der Waals surface area contributed by atoms with Crippen LogP contribution in [0.4, 0.5) is 17.1 Å². The SMILES string of the molecule is c1ccc(-c2ccc(N(c3ccc4c5ccccc5c5ccccc5c4c3)c3ccccc3C3(c4ccccc4)c4ccccc4C4(c5ccccc5)c5ccccc5-c5cccc3c54)cc2)cc1. The van der Waals surface area contributed by atoms with Gasteiger partial charge in [0, 0.05) is 11.4 Å². The standard InChI is InChI=1S/C68H45N/c1-4-21-46(22-5-1)47-39-41-50(42-40-47)69(51-43-44-56-54-29-11-10-27-52(54)53-28-12-13-30-55(53)59(56)45-51)65-38-19-18-36-63(65)67(48-23-6-2-7-24-48)61-34-16-17-35-62(61)68(49-25-8-3-9-26-49)60-33-15-14-31-57(60)58-32-20-37-64(67)66(58)68/h1-45H. The van der Waals surface area contributed by atoms with Crippen LogP contribution in [0.5, 0.6) is 0 Å². The fourth-order valence-electron chi connectivity index (χ4n) is 12.7. The fraction of sp³-hybridized carbons (Fsp3) is 0.0294. The van der Waals surface area contributed by atoms with Gasteiger partial charge in [-0.3, -0.25) is 0 Å². The van der Waals surface area contributed by atoms with Gasteiger partial charge in [0.2, 0.25) is 0 Å². The van der Waals surface area contributed by atoms with Crippen LogP contribution in [0.1, 0.15) is 44.5 Å². The summed E-state index contributed by atoms with van der Waals surface area (Å²) in [6.45, 7) is 0. The summed E-state index contributed by atoms with van der Waals surface area (Å²) >= 11 is 0. The van der Waals surface area contributed by atoms with Gasteiger partial charge in [-0.2, -0.15) is 0 Å². The van der Waals surface area contributed by atoms with Crippen molar-refractivity contribution in [2.75, 3.05) is 4.90 Å². The van der Waals surface area contributed by atoms with Gasteiger partial charge in [-0.15, -0.1) is 0 Å². The second-order valence-electron chi connectivity index (χ2n) is 18.6. The van der Waals surface area contributed by atoms with E-state index in [2.05, 4.69) is 278 Å². The minimum absolute atomic E-state index is 0.539. The minimum Gasteiger partial charge on any atom is -0.310 e. The highest BCUT2D eigenvalue weighted by Gasteiger charge is 2.58. The Hall–Kier alpha value is -8.78. The van der Waals surface area contributed by atoms with E-state index in [1.807, 2.05) is 0 Å². The smallest absolute Gasteiger partial charge is 0.0728 e. The van der Waals surface area contributed by atoms with E-state index in [0.717, 1.165) is 17.1 Å². The lowest BCUT2D eigenvalue weighted by atomic mass is 9.51. The molecule has 1 nitrogen and oxygen atoms in total. The molecule has 69 heavy (non-hydrogen) atoms. The Morgan fingerprint density at radius 3 is 1.33 bits per heavy atom.